The Hall–Kier alpha value is -2.07. The number of rotatable bonds is 5. The molecule has 0 saturated heterocycles. The number of hydrogen-bond donors (Lipinski definition) is 0. The van der Waals surface area contributed by atoms with Crippen molar-refractivity contribution < 1.29 is 34.7 Å². The predicted octanol–water partition coefficient (Wildman–Crippen LogP) is 3.39. The van der Waals surface area contributed by atoms with Crippen LogP contribution in [-0.4, -0.2) is 35.5 Å². The smallest absolute Gasteiger partial charge is 0.178 e. The van der Waals surface area contributed by atoms with Crippen molar-refractivity contribution in [2.24, 2.45) is 0 Å². The van der Waals surface area contributed by atoms with Crippen LogP contribution in [0.25, 0.3) is 0 Å². The quantitative estimate of drug-likeness (QED) is 0.688. The third-order valence-electron chi connectivity index (χ3n) is 3.49. The number of sulfone groups is 2. The Morgan fingerprint density at radius 2 is 1.19 bits per heavy atom. The van der Waals surface area contributed by atoms with Gasteiger partial charge in [-0.05, 0) is 36.4 Å². The van der Waals surface area contributed by atoms with Crippen LogP contribution >= 0.6 is 0 Å². The zero-order valence-electron chi connectivity index (χ0n) is 14.9. The van der Waals surface area contributed by atoms with Crippen molar-refractivity contribution >= 4 is 19.7 Å². The Labute approximate surface area is 156 Å². The highest BCUT2D eigenvalue weighted by Crippen LogP contribution is 2.21. The second-order valence-electron chi connectivity index (χ2n) is 5.18. The molecule has 0 spiro atoms. The normalized spacial score (nSPS) is 11.5. The van der Waals surface area contributed by atoms with E-state index in [1.54, 1.807) is 0 Å². The molecule has 0 aromatic heterocycles. The zero-order chi connectivity index (χ0) is 20.8. The molecule has 0 bridgehead atoms. The van der Waals surface area contributed by atoms with Gasteiger partial charge in [0.1, 0.15) is 0 Å². The van der Waals surface area contributed by atoms with Gasteiger partial charge in [-0.2, -0.15) is 0 Å². The van der Waals surface area contributed by atoms with Crippen LogP contribution in [0.15, 0.2) is 46.2 Å². The Bertz CT molecular complexity index is 1000. The van der Waals surface area contributed by atoms with E-state index in [1.165, 1.54) is 33.1 Å². The van der Waals surface area contributed by atoms with Crippen LogP contribution in [0.3, 0.4) is 0 Å². The van der Waals surface area contributed by atoms with E-state index in [1.807, 2.05) is 0 Å². The van der Waals surface area contributed by atoms with E-state index in [0.717, 1.165) is 18.2 Å². The van der Waals surface area contributed by atoms with E-state index in [-0.39, 0.29) is 27.0 Å². The number of halogens is 3. The van der Waals surface area contributed by atoms with Gasteiger partial charge in [-0.1, -0.05) is 13.8 Å². The molecule has 27 heavy (non-hydrogen) atoms. The van der Waals surface area contributed by atoms with Crippen molar-refractivity contribution in [3.05, 3.63) is 53.8 Å². The lowest BCUT2D eigenvalue weighted by atomic mass is 10.3. The second kappa shape index (κ2) is 9.23. The molecule has 0 saturated carbocycles. The highest BCUT2D eigenvalue weighted by molar-refractivity contribution is 7.91. The second-order valence-corrected chi connectivity index (χ2v) is 9.74. The van der Waals surface area contributed by atoms with Crippen LogP contribution in [-0.2, 0) is 19.7 Å². The predicted molar refractivity (Wildman–Crippen MR) is 94.8 cm³/mol. The highest BCUT2D eigenvalue weighted by Gasteiger charge is 2.14. The Morgan fingerprint density at radius 3 is 1.56 bits per heavy atom. The van der Waals surface area contributed by atoms with Crippen molar-refractivity contribution in [3.63, 3.8) is 0 Å². The first-order valence-electron chi connectivity index (χ1n) is 7.72. The fraction of sp³-hybridized carbons (Fsp3) is 0.294. The number of hydrogen-bond acceptors (Lipinski definition) is 5. The summed E-state index contributed by atoms with van der Waals surface area (Å²) in [6.45, 7) is 2.95. The zero-order valence-corrected chi connectivity index (χ0v) is 16.5. The molecule has 0 radical (unpaired) electrons. The van der Waals surface area contributed by atoms with Crippen LogP contribution in [0, 0.1) is 17.5 Å². The van der Waals surface area contributed by atoms with Crippen molar-refractivity contribution in [1.82, 2.24) is 0 Å². The SMILES string of the molecule is CCS(=O)(=O)c1ccc(F)c(F)c1.CCS(=O)(=O)c1ccc(OC)c(F)c1. The van der Waals surface area contributed by atoms with Gasteiger partial charge in [-0.15, -0.1) is 0 Å². The number of ether oxygens (including phenoxy) is 1. The molecule has 10 heteroatoms. The Balaban J connectivity index is 0.000000271. The maximum atomic E-state index is 13.1. The lowest BCUT2D eigenvalue weighted by Crippen LogP contribution is -2.04. The van der Waals surface area contributed by atoms with Crippen LogP contribution in [0.2, 0.25) is 0 Å². The topological polar surface area (TPSA) is 77.5 Å². The maximum Gasteiger partial charge on any atom is 0.178 e. The molecular weight excluding hydrogens is 405 g/mol. The standard InChI is InChI=1S/C9H11FO3S.C8H8F2O2S/c1-3-14(11,12)7-4-5-9(13-2)8(10)6-7;1-2-13(11,12)6-3-4-7(9)8(10)5-6/h4-6H,3H2,1-2H3;3-5H,2H2,1H3. The molecule has 150 valence electrons. The van der Waals surface area contributed by atoms with Crippen molar-refractivity contribution in [2.45, 2.75) is 23.6 Å². The fourth-order valence-corrected chi connectivity index (χ4v) is 3.63. The minimum Gasteiger partial charge on any atom is -0.494 e. The minimum atomic E-state index is -3.44. The summed E-state index contributed by atoms with van der Waals surface area (Å²) in [6.07, 6.45) is 0. The minimum absolute atomic E-state index is 0.0155. The largest absolute Gasteiger partial charge is 0.494 e. The van der Waals surface area contributed by atoms with E-state index >= 15 is 0 Å². The molecule has 2 aromatic carbocycles. The van der Waals surface area contributed by atoms with Crippen LogP contribution in [0.1, 0.15) is 13.8 Å². The van der Waals surface area contributed by atoms with Gasteiger partial charge in [0.25, 0.3) is 0 Å². The summed E-state index contributed by atoms with van der Waals surface area (Å²) in [6, 6.07) is 6.15. The molecule has 0 aliphatic rings. The van der Waals surface area contributed by atoms with Crippen molar-refractivity contribution in [2.75, 3.05) is 18.6 Å². The summed E-state index contributed by atoms with van der Waals surface area (Å²) in [4.78, 5) is -0.202. The van der Waals surface area contributed by atoms with Crippen molar-refractivity contribution in [1.29, 1.82) is 0 Å². The molecule has 0 aliphatic carbocycles. The highest BCUT2D eigenvalue weighted by atomic mass is 32.2. The summed E-state index contributed by atoms with van der Waals surface area (Å²) in [5, 5.41) is 0. The average molecular weight is 424 g/mol. The molecular formula is C17H19F3O5S2. The molecule has 2 aromatic rings. The van der Waals surface area contributed by atoms with Gasteiger partial charge >= 0.3 is 0 Å². The molecule has 2 rings (SSSR count). The molecule has 0 unspecified atom stereocenters. The summed E-state index contributed by atoms with van der Waals surface area (Å²) in [5.41, 5.74) is 0. The molecule has 0 fully saturated rings. The van der Waals surface area contributed by atoms with Gasteiger partial charge in [0.15, 0.2) is 42.9 Å². The molecule has 0 N–H and O–H groups in total. The monoisotopic (exact) mass is 424 g/mol. The Morgan fingerprint density at radius 1 is 0.741 bits per heavy atom. The van der Waals surface area contributed by atoms with Gasteiger partial charge in [0.2, 0.25) is 0 Å². The first-order chi connectivity index (χ1) is 12.5. The molecule has 0 amide bonds. The van der Waals surface area contributed by atoms with Gasteiger partial charge < -0.3 is 4.74 Å². The summed E-state index contributed by atoms with van der Waals surface area (Å²) >= 11 is 0. The van der Waals surface area contributed by atoms with Crippen LogP contribution in [0.5, 0.6) is 5.75 Å². The first kappa shape index (κ1) is 23.0. The van der Waals surface area contributed by atoms with E-state index in [9.17, 15) is 30.0 Å². The Kier molecular flexibility index (Phi) is 7.85. The molecule has 0 atom stereocenters. The third kappa shape index (κ3) is 5.96. The van der Waals surface area contributed by atoms with Crippen LogP contribution < -0.4 is 4.74 Å². The summed E-state index contributed by atoms with van der Waals surface area (Å²) in [5.74, 6) is -2.98. The van der Waals surface area contributed by atoms with E-state index < -0.39 is 37.1 Å². The summed E-state index contributed by atoms with van der Waals surface area (Å²) < 4.78 is 87.9. The maximum absolute atomic E-state index is 13.1. The van der Waals surface area contributed by atoms with Gasteiger partial charge in [-0.25, -0.2) is 30.0 Å². The van der Waals surface area contributed by atoms with Gasteiger partial charge in [0, 0.05) is 0 Å². The number of methoxy groups -OCH3 is 1. The molecule has 0 heterocycles. The lowest BCUT2D eigenvalue weighted by molar-refractivity contribution is 0.385. The first-order valence-corrected chi connectivity index (χ1v) is 11.0. The summed E-state index contributed by atoms with van der Waals surface area (Å²) in [7, 11) is -5.46. The third-order valence-corrected chi connectivity index (χ3v) is 6.96. The van der Waals surface area contributed by atoms with E-state index in [2.05, 4.69) is 4.74 Å². The molecule has 0 aliphatic heterocycles. The average Bonchev–Trinajstić information content (AvgIpc) is 2.64. The van der Waals surface area contributed by atoms with Gasteiger partial charge in [0.05, 0.1) is 28.4 Å². The number of benzene rings is 2. The molecule has 5 nitrogen and oxygen atoms in total. The van der Waals surface area contributed by atoms with Crippen molar-refractivity contribution in [3.8, 4) is 5.75 Å². The van der Waals surface area contributed by atoms with Gasteiger partial charge in [-0.3, -0.25) is 0 Å². The fourth-order valence-electron chi connectivity index (χ4n) is 1.84. The lowest BCUT2D eigenvalue weighted by Gasteiger charge is -2.04. The van der Waals surface area contributed by atoms with E-state index in [4.69, 9.17) is 0 Å². The van der Waals surface area contributed by atoms with Crippen LogP contribution in [0.4, 0.5) is 13.2 Å². The van der Waals surface area contributed by atoms with E-state index in [0.29, 0.717) is 6.07 Å².